The minimum absolute atomic E-state index is 0.0409. The molecule has 0 unspecified atom stereocenters. The Morgan fingerprint density at radius 3 is 2.61 bits per heavy atom. The van der Waals surface area contributed by atoms with E-state index < -0.39 is 16.1 Å². The number of morpholine rings is 1. The molecule has 1 atom stereocenters. The van der Waals surface area contributed by atoms with Crippen molar-refractivity contribution in [1.82, 2.24) is 9.62 Å². The molecule has 11 heteroatoms. The second-order valence-corrected chi connectivity index (χ2v) is 9.43. The number of aliphatic imine (C=N–C) groups is 1. The molecule has 0 aromatic heterocycles. The number of carbonyl (C=O) groups excluding carboxylic acids is 2. The normalized spacial score (nSPS) is 22.2. The molecular formula is C22H22N4O6S. The summed E-state index contributed by atoms with van der Waals surface area (Å²) in [5, 5.41) is 0. The topological polar surface area (TPSA) is 118 Å². The molecule has 0 bridgehead atoms. The fourth-order valence-electron chi connectivity index (χ4n) is 4.07. The maximum Gasteiger partial charge on any atom is 0.265 e. The second kappa shape index (κ2) is 8.49. The Balaban J connectivity index is 1.38. The summed E-state index contributed by atoms with van der Waals surface area (Å²) in [5.41, 5.74) is 0.967. The van der Waals surface area contributed by atoms with E-state index in [1.165, 1.54) is 11.0 Å². The summed E-state index contributed by atoms with van der Waals surface area (Å²) in [5.74, 6) is -0.0132. The number of fused-ring (bicyclic) bond motifs is 2. The van der Waals surface area contributed by atoms with Gasteiger partial charge in [0, 0.05) is 18.7 Å². The van der Waals surface area contributed by atoms with E-state index in [9.17, 15) is 18.0 Å². The maximum atomic E-state index is 13.2. The van der Waals surface area contributed by atoms with Crippen LogP contribution in [0.1, 0.15) is 5.56 Å². The third-order valence-corrected chi connectivity index (χ3v) is 7.11. The average molecular weight is 471 g/mol. The maximum absolute atomic E-state index is 13.2. The van der Waals surface area contributed by atoms with Gasteiger partial charge in [-0.25, -0.2) is 8.42 Å². The molecule has 0 radical (unpaired) electrons. The Hall–Kier alpha value is -3.44. The van der Waals surface area contributed by atoms with Gasteiger partial charge in [0.2, 0.25) is 5.91 Å². The highest BCUT2D eigenvalue weighted by atomic mass is 32.2. The predicted molar refractivity (Wildman–Crippen MR) is 119 cm³/mol. The zero-order valence-electron chi connectivity index (χ0n) is 17.6. The number of ether oxygens (including phenoxy) is 2. The Bertz CT molecular complexity index is 1240. The van der Waals surface area contributed by atoms with E-state index in [-0.39, 0.29) is 35.6 Å². The van der Waals surface area contributed by atoms with Crippen molar-refractivity contribution in [2.24, 2.45) is 4.99 Å². The molecule has 0 spiro atoms. The Morgan fingerprint density at radius 2 is 1.79 bits per heavy atom. The van der Waals surface area contributed by atoms with Gasteiger partial charge < -0.3 is 19.3 Å². The lowest BCUT2D eigenvalue weighted by Crippen LogP contribution is -2.54. The van der Waals surface area contributed by atoms with E-state index in [0.717, 1.165) is 0 Å². The van der Waals surface area contributed by atoms with E-state index in [1.54, 1.807) is 47.4 Å². The Labute approximate surface area is 190 Å². The number of anilines is 1. The number of nitrogens with one attached hydrogen (secondary N) is 1. The first-order chi connectivity index (χ1) is 15.9. The van der Waals surface area contributed by atoms with Crippen LogP contribution in [0.3, 0.4) is 0 Å². The predicted octanol–water partition coefficient (Wildman–Crippen LogP) is 0.378. The number of rotatable bonds is 3. The second-order valence-electron chi connectivity index (χ2n) is 7.78. The van der Waals surface area contributed by atoms with Crippen molar-refractivity contribution >= 4 is 33.4 Å². The molecular weight excluding hydrogens is 448 g/mol. The van der Waals surface area contributed by atoms with Crippen molar-refractivity contribution in [3.05, 3.63) is 54.1 Å². The van der Waals surface area contributed by atoms with Gasteiger partial charge in [0.05, 0.1) is 30.3 Å². The zero-order valence-corrected chi connectivity index (χ0v) is 18.5. The summed E-state index contributed by atoms with van der Waals surface area (Å²) >= 11 is 0. The number of amidine groups is 1. The van der Waals surface area contributed by atoms with Gasteiger partial charge in [-0.2, -0.15) is 0 Å². The van der Waals surface area contributed by atoms with E-state index in [4.69, 9.17) is 9.47 Å². The highest BCUT2D eigenvalue weighted by Crippen LogP contribution is 2.34. The molecule has 1 fully saturated rings. The molecule has 172 valence electrons. The number of benzene rings is 2. The van der Waals surface area contributed by atoms with Crippen molar-refractivity contribution in [3.8, 4) is 5.75 Å². The number of nitrogens with zero attached hydrogens (tertiary/aromatic N) is 3. The first kappa shape index (κ1) is 21.4. The van der Waals surface area contributed by atoms with Gasteiger partial charge >= 0.3 is 0 Å². The lowest BCUT2D eigenvalue weighted by atomic mass is 10.1. The third kappa shape index (κ3) is 4.05. The molecule has 2 aromatic rings. The largest absolute Gasteiger partial charge is 0.476 e. The van der Waals surface area contributed by atoms with Crippen LogP contribution >= 0.6 is 0 Å². The lowest BCUT2D eigenvalue weighted by Gasteiger charge is -2.37. The molecule has 1 saturated heterocycles. The third-order valence-electron chi connectivity index (χ3n) is 5.71. The van der Waals surface area contributed by atoms with Gasteiger partial charge in [-0.3, -0.25) is 19.3 Å². The first-order valence-electron chi connectivity index (χ1n) is 10.5. The van der Waals surface area contributed by atoms with E-state index >= 15 is 0 Å². The van der Waals surface area contributed by atoms with Crippen LogP contribution in [-0.2, 0) is 24.3 Å². The van der Waals surface area contributed by atoms with Gasteiger partial charge in [0.25, 0.3) is 15.9 Å². The molecule has 0 saturated carbocycles. The molecule has 1 N–H and O–H groups in total. The minimum Gasteiger partial charge on any atom is -0.476 e. The fraction of sp³-hybridized carbons (Fsp3) is 0.318. The van der Waals surface area contributed by atoms with Crippen molar-refractivity contribution in [2.75, 3.05) is 44.3 Å². The standard InChI is InChI=1S/C22H22N4O6S/c27-20(13-23-21-15-5-1-4-8-19(15)33(29,30)24-21)26-14-18(22(28)25-9-11-31-12-10-25)32-17-7-3-2-6-16(17)26/h1-8,18H,9-14H2,(H,23,24)/t18-/m1/s1. The highest BCUT2D eigenvalue weighted by Gasteiger charge is 2.37. The summed E-state index contributed by atoms with van der Waals surface area (Å²) in [6.07, 6.45) is -0.847. The van der Waals surface area contributed by atoms with Crippen LogP contribution in [0.4, 0.5) is 5.69 Å². The summed E-state index contributed by atoms with van der Waals surface area (Å²) in [4.78, 5) is 33.7. The molecule has 33 heavy (non-hydrogen) atoms. The van der Waals surface area contributed by atoms with Gasteiger partial charge in [-0.15, -0.1) is 0 Å². The zero-order chi connectivity index (χ0) is 23.0. The fourth-order valence-corrected chi connectivity index (χ4v) is 5.32. The van der Waals surface area contributed by atoms with Crippen LogP contribution in [0.25, 0.3) is 0 Å². The Morgan fingerprint density at radius 1 is 1.06 bits per heavy atom. The van der Waals surface area contributed by atoms with Gasteiger partial charge in [-0.05, 0) is 24.3 Å². The van der Waals surface area contributed by atoms with Crippen LogP contribution in [0, 0.1) is 0 Å². The van der Waals surface area contributed by atoms with Gasteiger partial charge in [-0.1, -0.05) is 24.3 Å². The molecule has 5 rings (SSSR count). The van der Waals surface area contributed by atoms with Crippen LogP contribution < -0.4 is 14.4 Å². The lowest BCUT2D eigenvalue weighted by molar-refractivity contribution is -0.142. The molecule has 2 amide bonds. The Kier molecular flexibility index (Phi) is 5.51. The first-order valence-corrected chi connectivity index (χ1v) is 12.0. The molecule has 3 aliphatic rings. The highest BCUT2D eigenvalue weighted by molar-refractivity contribution is 7.90. The summed E-state index contributed by atoms with van der Waals surface area (Å²) in [7, 11) is -3.69. The van der Waals surface area contributed by atoms with Crippen molar-refractivity contribution in [3.63, 3.8) is 0 Å². The number of para-hydroxylation sites is 2. The van der Waals surface area contributed by atoms with Crippen LogP contribution in [0.2, 0.25) is 0 Å². The number of hydrogen-bond donors (Lipinski definition) is 1. The summed E-state index contributed by atoms with van der Waals surface area (Å²) in [6, 6.07) is 13.5. The SMILES string of the molecule is O=C([C@H]1CN(C(=O)CN=C2NS(=O)(=O)c3ccccc32)c2ccccc2O1)N1CCOCC1. The smallest absolute Gasteiger partial charge is 0.265 e. The van der Waals surface area contributed by atoms with Gasteiger partial charge in [0.1, 0.15) is 18.1 Å². The van der Waals surface area contributed by atoms with E-state index in [0.29, 0.717) is 43.3 Å². The number of hydrogen-bond acceptors (Lipinski definition) is 7. The summed E-state index contributed by atoms with van der Waals surface area (Å²) < 4.78 is 38.2. The van der Waals surface area contributed by atoms with E-state index in [2.05, 4.69) is 9.71 Å². The van der Waals surface area contributed by atoms with Crippen LogP contribution in [0.5, 0.6) is 5.75 Å². The molecule has 0 aliphatic carbocycles. The van der Waals surface area contributed by atoms with Crippen molar-refractivity contribution in [1.29, 1.82) is 0 Å². The monoisotopic (exact) mass is 470 g/mol. The van der Waals surface area contributed by atoms with Crippen LogP contribution in [-0.4, -0.2) is 76.5 Å². The number of amides is 2. The van der Waals surface area contributed by atoms with Crippen molar-refractivity contribution < 1.29 is 27.5 Å². The molecule has 10 nitrogen and oxygen atoms in total. The van der Waals surface area contributed by atoms with Crippen LogP contribution in [0.15, 0.2) is 58.4 Å². The molecule has 3 heterocycles. The molecule has 3 aliphatic heterocycles. The minimum atomic E-state index is -3.69. The average Bonchev–Trinajstić information content (AvgIpc) is 3.12. The van der Waals surface area contributed by atoms with Gasteiger partial charge in [0.15, 0.2) is 6.10 Å². The van der Waals surface area contributed by atoms with E-state index in [1.807, 2.05) is 0 Å². The van der Waals surface area contributed by atoms with Crippen molar-refractivity contribution in [2.45, 2.75) is 11.0 Å². The summed E-state index contributed by atoms with van der Waals surface area (Å²) in [6.45, 7) is 1.63. The number of sulfonamides is 1. The molecule has 2 aromatic carbocycles. The number of carbonyl (C=O) groups is 2. The quantitative estimate of drug-likeness (QED) is 0.693.